The number of carboxylic acids is 1. The predicted molar refractivity (Wildman–Crippen MR) is 70.5 cm³/mol. The minimum atomic E-state index is -1.28. The van der Waals surface area contributed by atoms with Crippen molar-refractivity contribution in [3.05, 3.63) is 63.7 Å². The van der Waals surface area contributed by atoms with E-state index in [1.165, 1.54) is 24.3 Å². The lowest BCUT2D eigenvalue weighted by Gasteiger charge is -2.05. The number of carbonyl (C=O) groups is 1. The lowest BCUT2D eigenvalue weighted by atomic mass is 10.2. The number of aromatic carboxylic acids is 1. The average Bonchev–Trinajstić information content (AvgIpc) is 2.37. The average molecular weight is 311 g/mol. The van der Waals surface area contributed by atoms with Crippen LogP contribution in [0, 0.1) is 21.7 Å². The van der Waals surface area contributed by atoms with Crippen LogP contribution in [-0.4, -0.2) is 16.0 Å². The topological polar surface area (TPSA) is 80.4 Å². The molecule has 0 aliphatic heterocycles. The fourth-order valence-electron chi connectivity index (χ4n) is 1.62. The molecule has 0 heterocycles. The molecule has 0 radical (unpaired) electrons. The summed E-state index contributed by atoms with van der Waals surface area (Å²) in [6.07, 6.45) is 0. The minimum absolute atomic E-state index is 0.0282. The van der Waals surface area contributed by atoms with Crippen molar-refractivity contribution in [1.82, 2.24) is 0 Å². The van der Waals surface area contributed by atoms with Crippen LogP contribution >= 0.6 is 11.8 Å². The maximum atomic E-state index is 13.5. The van der Waals surface area contributed by atoms with E-state index in [1.807, 2.05) is 0 Å². The summed E-state index contributed by atoms with van der Waals surface area (Å²) in [4.78, 5) is 20.8. The van der Waals surface area contributed by atoms with Crippen LogP contribution in [0.15, 0.2) is 46.2 Å². The number of benzene rings is 2. The van der Waals surface area contributed by atoms with Gasteiger partial charge in [0.2, 0.25) is 5.82 Å². The fraction of sp³-hybridized carbons (Fsp3) is 0. The summed E-state index contributed by atoms with van der Waals surface area (Å²) in [6.45, 7) is 0. The Hall–Kier alpha value is -2.48. The highest BCUT2D eigenvalue weighted by Crippen LogP contribution is 2.37. The Morgan fingerprint density at radius 1 is 1.24 bits per heavy atom. The zero-order chi connectivity index (χ0) is 15.6. The number of halogens is 2. The summed E-state index contributed by atoms with van der Waals surface area (Å²) in [5.74, 6) is -3.40. The highest BCUT2D eigenvalue weighted by Gasteiger charge is 2.23. The normalized spacial score (nSPS) is 10.4. The zero-order valence-corrected chi connectivity index (χ0v) is 11.1. The first-order chi connectivity index (χ1) is 9.88. The van der Waals surface area contributed by atoms with Crippen molar-refractivity contribution in [1.29, 1.82) is 0 Å². The Balaban J connectivity index is 2.46. The van der Waals surface area contributed by atoms with Crippen molar-refractivity contribution in [2.24, 2.45) is 0 Å². The van der Waals surface area contributed by atoms with Crippen molar-refractivity contribution in [3.8, 4) is 0 Å². The van der Waals surface area contributed by atoms with Crippen molar-refractivity contribution < 1.29 is 23.6 Å². The Kier molecular flexibility index (Phi) is 4.18. The molecule has 0 atom stereocenters. The van der Waals surface area contributed by atoms with E-state index >= 15 is 0 Å². The van der Waals surface area contributed by atoms with E-state index in [0.717, 1.165) is 17.8 Å². The van der Waals surface area contributed by atoms with Gasteiger partial charge in [0.25, 0.3) is 0 Å². The van der Waals surface area contributed by atoms with Gasteiger partial charge in [-0.1, -0.05) is 17.8 Å². The van der Waals surface area contributed by atoms with Crippen LogP contribution in [0.5, 0.6) is 0 Å². The molecule has 0 amide bonds. The first kappa shape index (κ1) is 14.9. The molecule has 0 aromatic heterocycles. The third kappa shape index (κ3) is 3.34. The lowest BCUT2D eigenvalue weighted by molar-refractivity contribution is -0.390. The summed E-state index contributed by atoms with van der Waals surface area (Å²) in [5, 5.41) is 19.7. The number of nitrogens with zero attached hydrogens (tertiary/aromatic N) is 1. The smallest absolute Gasteiger partial charge is 0.335 e. The number of hydrogen-bond acceptors (Lipinski definition) is 4. The van der Waals surface area contributed by atoms with E-state index in [9.17, 15) is 23.7 Å². The van der Waals surface area contributed by atoms with Gasteiger partial charge >= 0.3 is 11.7 Å². The molecule has 0 spiro atoms. The number of nitro groups is 1. The van der Waals surface area contributed by atoms with Gasteiger partial charge < -0.3 is 5.11 Å². The van der Waals surface area contributed by atoms with Gasteiger partial charge in [0, 0.05) is 11.0 Å². The van der Waals surface area contributed by atoms with Crippen molar-refractivity contribution >= 4 is 23.4 Å². The van der Waals surface area contributed by atoms with Gasteiger partial charge in [0.05, 0.1) is 15.4 Å². The molecule has 108 valence electrons. The molecule has 8 heteroatoms. The molecule has 0 aliphatic carbocycles. The predicted octanol–water partition coefficient (Wildman–Crippen LogP) is 3.72. The molecule has 0 fully saturated rings. The second-order valence-electron chi connectivity index (χ2n) is 3.93. The summed E-state index contributed by atoms with van der Waals surface area (Å²) in [7, 11) is 0. The lowest BCUT2D eigenvalue weighted by Crippen LogP contribution is -1.97. The summed E-state index contributed by atoms with van der Waals surface area (Å²) < 4.78 is 26.7. The van der Waals surface area contributed by atoms with Gasteiger partial charge in [0.15, 0.2) is 0 Å². The van der Waals surface area contributed by atoms with E-state index in [2.05, 4.69) is 0 Å². The first-order valence-corrected chi connectivity index (χ1v) is 6.35. The van der Waals surface area contributed by atoms with Crippen LogP contribution in [0.1, 0.15) is 10.4 Å². The Labute approximate surface area is 121 Å². The molecule has 2 aromatic rings. The maximum absolute atomic E-state index is 13.5. The molecule has 0 aliphatic rings. The van der Waals surface area contributed by atoms with Crippen LogP contribution in [-0.2, 0) is 0 Å². The van der Waals surface area contributed by atoms with Gasteiger partial charge in [-0.3, -0.25) is 10.1 Å². The SMILES string of the molecule is O=C(O)c1cccc(Sc2cc(F)cc(F)c2[N+](=O)[O-])c1. The third-order valence-corrected chi connectivity index (χ3v) is 3.51. The van der Waals surface area contributed by atoms with E-state index in [-0.39, 0.29) is 10.5 Å². The van der Waals surface area contributed by atoms with Crippen molar-refractivity contribution in [3.63, 3.8) is 0 Å². The van der Waals surface area contributed by atoms with E-state index in [0.29, 0.717) is 11.0 Å². The standard InChI is InChI=1S/C13H7F2NO4S/c14-8-5-10(15)12(16(19)20)11(6-8)21-9-3-1-2-7(4-9)13(17)18/h1-6H,(H,17,18). The first-order valence-electron chi connectivity index (χ1n) is 5.53. The fourth-order valence-corrected chi connectivity index (χ4v) is 2.64. The number of rotatable bonds is 4. The van der Waals surface area contributed by atoms with Crippen LogP contribution in [0.25, 0.3) is 0 Å². The Bertz CT molecular complexity index is 736. The highest BCUT2D eigenvalue weighted by atomic mass is 32.2. The highest BCUT2D eigenvalue weighted by molar-refractivity contribution is 7.99. The van der Waals surface area contributed by atoms with Gasteiger partial charge in [0.1, 0.15) is 5.82 Å². The second-order valence-corrected chi connectivity index (χ2v) is 5.04. The van der Waals surface area contributed by atoms with E-state index in [1.54, 1.807) is 0 Å². The van der Waals surface area contributed by atoms with E-state index in [4.69, 9.17) is 5.11 Å². The molecule has 0 unspecified atom stereocenters. The van der Waals surface area contributed by atoms with Crippen LogP contribution in [0.3, 0.4) is 0 Å². The maximum Gasteiger partial charge on any atom is 0.335 e. The second kappa shape index (κ2) is 5.88. The molecule has 0 bridgehead atoms. The molecule has 0 saturated heterocycles. The molecule has 5 nitrogen and oxygen atoms in total. The number of hydrogen-bond donors (Lipinski definition) is 1. The minimum Gasteiger partial charge on any atom is -0.478 e. The Morgan fingerprint density at radius 2 is 1.95 bits per heavy atom. The monoisotopic (exact) mass is 311 g/mol. The molecular formula is C13H7F2NO4S. The molecule has 0 saturated carbocycles. The van der Waals surface area contributed by atoms with Gasteiger partial charge in [-0.05, 0) is 24.3 Å². The third-order valence-electron chi connectivity index (χ3n) is 2.48. The molecule has 21 heavy (non-hydrogen) atoms. The van der Waals surface area contributed by atoms with E-state index < -0.39 is 28.2 Å². The molecule has 1 N–H and O–H groups in total. The zero-order valence-electron chi connectivity index (χ0n) is 10.2. The van der Waals surface area contributed by atoms with Crippen LogP contribution < -0.4 is 0 Å². The quantitative estimate of drug-likeness (QED) is 0.687. The van der Waals surface area contributed by atoms with Gasteiger partial charge in [-0.25, -0.2) is 9.18 Å². The number of carboxylic acid groups (broad SMARTS) is 1. The van der Waals surface area contributed by atoms with Crippen molar-refractivity contribution in [2.75, 3.05) is 0 Å². The van der Waals surface area contributed by atoms with Crippen LogP contribution in [0.2, 0.25) is 0 Å². The van der Waals surface area contributed by atoms with Gasteiger partial charge in [-0.2, -0.15) is 4.39 Å². The Morgan fingerprint density at radius 3 is 2.57 bits per heavy atom. The van der Waals surface area contributed by atoms with Crippen LogP contribution in [0.4, 0.5) is 14.5 Å². The molecule has 2 aromatic carbocycles. The van der Waals surface area contributed by atoms with Gasteiger partial charge in [-0.15, -0.1) is 0 Å². The number of nitro benzene ring substituents is 1. The van der Waals surface area contributed by atoms with Crippen molar-refractivity contribution in [2.45, 2.75) is 9.79 Å². The molecular weight excluding hydrogens is 304 g/mol. The largest absolute Gasteiger partial charge is 0.478 e. The molecule has 2 rings (SSSR count). The summed E-state index contributed by atoms with van der Waals surface area (Å²) in [5.41, 5.74) is -0.873. The summed E-state index contributed by atoms with van der Waals surface area (Å²) >= 11 is 0.717. The summed E-state index contributed by atoms with van der Waals surface area (Å²) in [6, 6.07) is 6.79.